The van der Waals surface area contributed by atoms with Crippen molar-refractivity contribution < 1.29 is 9.47 Å². The fraction of sp³-hybridized carbons (Fsp3) is 0.571. The maximum atomic E-state index is 6.23. The smallest absolute Gasteiger partial charge is 0.231 e. The molecule has 1 aromatic rings. The summed E-state index contributed by atoms with van der Waals surface area (Å²) < 4.78 is 10.7. The summed E-state index contributed by atoms with van der Waals surface area (Å²) in [7, 11) is 0. The summed E-state index contributed by atoms with van der Waals surface area (Å²) in [5.74, 6) is 2.30. The highest BCUT2D eigenvalue weighted by Gasteiger charge is 2.18. The Kier molecular flexibility index (Phi) is 3.50. The van der Waals surface area contributed by atoms with Gasteiger partial charge >= 0.3 is 0 Å². The lowest BCUT2D eigenvalue weighted by molar-refractivity contribution is 0.174. The first-order valence-corrected chi connectivity index (χ1v) is 7.04. The van der Waals surface area contributed by atoms with Gasteiger partial charge < -0.3 is 14.8 Å². The van der Waals surface area contributed by atoms with Crippen molar-refractivity contribution in [2.75, 3.05) is 18.7 Å². The number of benzene rings is 1. The van der Waals surface area contributed by atoms with E-state index in [2.05, 4.69) is 5.32 Å². The van der Waals surface area contributed by atoms with E-state index in [9.17, 15) is 0 Å². The summed E-state index contributed by atoms with van der Waals surface area (Å²) in [4.78, 5) is 0. The number of hydrogen-bond acceptors (Lipinski definition) is 3. The fourth-order valence-corrected chi connectivity index (χ4v) is 2.92. The van der Waals surface area contributed by atoms with E-state index in [1.54, 1.807) is 0 Å². The molecule has 1 N–H and O–H groups in total. The Hall–Kier alpha value is -1.09. The van der Waals surface area contributed by atoms with Gasteiger partial charge in [0.05, 0.1) is 10.7 Å². The van der Waals surface area contributed by atoms with Crippen LogP contribution in [0.25, 0.3) is 0 Å². The van der Waals surface area contributed by atoms with Crippen molar-refractivity contribution in [1.29, 1.82) is 0 Å². The Morgan fingerprint density at radius 2 is 1.83 bits per heavy atom. The molecule has 0 saturated heterocycles. The average Bonchev–Trinajstić information content (AvgIpc) is 2.84. The number of ether oxygens (including phenoxy) is 2. The van der Waals surface area contributed by atoms with Gasteiger partial charge in [0.2, 0.25) is 6.79 Å². The molecule has 1 aliphatic carbocycles. The van der Waals surface area contributed by atoms with Crippen molar-refractivity contribution >= 4 is 17.3 Å². The van der Waals surface area contributed by atoms with Crippen molar-refractivity contribution in [2.24, 2.45) is 5.92 Å². The lowest BCUT2D eigenvalue weighted by Gasteiger charge is -2.22. The summed E-state index contributed by atoms with van der Waals surface area (Å²) in [5.41, 5.74) is 0.950. The quantitative estimate of drug-likeness (QED) is 0.896. The van der Waals surface area contributed by atoms with E-state index in [0.29, 0.717) is 5.02 Å². The highest BCUT2D eigenvalue weighted by Crippen LogP contribution is 2.39. The molecule has 3 nitrogen and oxygen atoms in total. The molecule has 2 aliphatic rings. The molecule has 98 valence electrons. The van der Waals surface area contributed by atoms with Crippen LogP contribution in [0.4, 0.5) is 5.69 Å². The molecule has 1 heterocycles. The van der Waals surface area contributed by atoms with Gasteiger partial charge in [-0.15, -0.1) is 0 Å². The first kappa shape index (κ1) is 12.0. The molecular formula is C14H18ClNO2. The molecule has 0 atom stereocenters. The van der Waals surface area contributed by atoms with Crippen molar-refractivity contribution in [1.82, 2.24) is 0 Å². The zero-order chi connectivity index (χ0) is 12.4. The Bertz CT molecular complexity index is 430. The number of rotatable bonds is 3. The molecule has 0 radical (unpaired) electrons. The van der Waals surface area contributed by atoms with Gasteiger partial charge in [-0.3, -0.25) is 0 Å². The van der Waals surface area contributed by atoms with Crippen LogP contribution in [-0.2, 0) is 0 Å². The predicted molar refractivity (Wildman–Crippen MR) is 72.6 cm³/mol. The molecule has 0 bridgehead atoms. The number of anilines is 1. The maximum absolute atomic E-state index is 6.23. The van der Waals surface area contributed by atoms with Gasteiger partial charge in [0.1, 0.15) is 0 Å². The van der Waals surface area contributed by atoms with Gasteiger partial charge in [-0.25, -0.2) is 0 Å². The fourth-order valence-electron chi connectivity index (χ4n) is 2.70. The molecule has 3 rings (SSSR count). The van der Waals surface area contributed by atoms with Crippen LogP contribution in [0.15, 0.2) is 12.1 Å². The average molecular weight is 268 g/mol. The highest BCUT2D eigenvalue weighted by atomic mass is 35.5. The first-order valence-electron chi connectivity index (χ1n) is 6.66. The minimum Gasteiger partial charge on any atom is -0.454 e. The van der Waals surface area contributed by atoms with Crippen molar-refractivity contribution in [3.8, 4) is 11.5 Å². The second-order valence-electron chi connectivity index (χ2n) is 5.07. The van der Waals surface area contributed by atoms with Gasteiger partial charge in [0, 0.05) is 18.7 Å². The van der Waals surface area contributed by atoms with Gasteiger partial charge in [0.25, 0.3) is 0 Å². The van der Waals surface area contributed by atoms with Gasteiger partial charge in [-0.1, -0.05) is 30.9 Å². The molecule has 0 unspecified atom stereocenters. The molecule has 0 aromatic heterocycles. The largest absolute Gasteiger partial charge is 0.454 e. The van der Waals surface area contributed by atoms with E-state index >= 15 is 0 Å². The molecule has 18 heavy (non-hydrogen) atoms. The molecule has 0 amide bonds. The zero-order valence-electron chi connectivity index (χ0n) is 10.4. The minimum absolute atomic E-state index is 0.289. The van der Waals surface area contributed by atoms with Crippen LogP contribution >= 0.6 is 11.6 Å². The van der Waals surface area contributed by atoms with Crippen LogP contribution < -0.4 is 14.8 Å². The predicted octanol–water partition coefficient (Wildman–Crippen LogP) is 4.06. The van der Waals surface area contributed by atoms with Crippen LogP contribution in [0.5, 0.6) is 11.5 Å². The molecule has 0 spiro atoms. The SMILES string of the molecule is Clc1cc2c(cc1NCC1CCCCC1)OCO2. The lowest BCUT2D eigenvalue weighted by Crippen LogP contribution is -2.17. The van der Waals surface area contributed by atoms with Gasteiger partial charge in [-0.2, -0.15) is 0 Å². The van der Waals surface area contributed by atoms with Gasteiger partial charge in [-0.05, 0) is 18.8 Å². The summed E-state index contributed by atoms with van der Waals surface area (Å²) in [6.45, 7) is 1.29. The lowest BCUT2D eigenvalue weighted by atomic mass is 9.89. The van der Waals surface area contributed by atoms with E-state index in [4.69, 9.17) is 21.1 Å². The Morgan fingerprint density at radius 1 is 1.11 bits per heavy atom. The van der Waals surface area contributed by atoms with E-state index in [-0.39, 0.29) is 6.79 Å². The van der Waals surface area contributed by atoms with E-state index in [1.165, 1.54) is 32.1 Å². The van der Waals surface area contributed by atoms with E-state index < -0.39 is 0 Å². The summed E-state index contributed by atoms with van der Waals surface area (Å²) in [5, 5.41) is 4.15. The second kappa shape index (κ2) is 5.27. The first-order chi connectivity index (χ1) is 8.83. The highest BCUT2D eigenvalue weighted by molar-refractivity contribution is 6.33. The minimum atomic E-state index is 0.289. The van der Waals surface area contributed by atoms with Crippen molar-refractivity contribution in [3.05, 3.63) is 17.2 Å². The number of nitrogens with one attached hydrogen (secondary N) is 1. The van der Waals surface area contributed by atoms with Crippen LogP contribution in [0.3, 0.4) is 0 Å². The third-order valence-corrected chi connectivity index (χ3v) is 4.08. The summed E-state index contributed by atoms with van der Waals surface area (Å²) in [6, 6.07) is 3.76. The van der Waals surface area contributed by atoms with Crippen LogP contribution in [0, 0.1) is 5.92 Å². The van der Waals surface area contributed by atoms with Crippen molar-refractivity contribution in [3.63, 3.8) is 0 Å². The van der Waals surface area contributed by atoms with E-state index in [1.807, 2.05) is 12.1 Å². The molecule has 1 aliphatic heterocycles. The van der Waals surface area contributed by atoms with E-state index in [0.717, 1.165) is 29.6 Å². The normalized spacial score (nSPS) is 18.9. The Balaban J connectivity index is 1.65. The summed E-state index contributed by atoms with van der Waals surface area (Å²) >= 11 is 6.23. The maximum Gasteiger partial charge on any atom is 0.231 e. The number of halogens is 1. The van der Waals surface area contributed by atoms with Gasteiger partial charge in [0.15, 0.2) is 11.5 Å². The standard InChI is InChI=1S/C14H18ClNO2/c15-11-6-13-14(18-9-17-13)7-12(11)16-8-10-4-2-1-3-5-10/h6-7,10,16H,1-5,8-9H2. The number of fused-ring (bicyclic) bond motifs is 1. The topological polar surface area (TPSA) is 30.5 Å². The molecule has 1 aromatic carbocycles. The third kappa shape index (κ3) is 2.51. The third-order valence-electron chi connectivity index (χ3n) is 3.77. The monoisotopic (exact) mass is 267 g/mol. The zero-order valence-corrected chi connectivity index (χ0v) is 11.1. The Labute approximate surface area is 112 Å². The molecule has 1 fully saturated rings. The van der Waals surface area contributed by atoms with Crippen molar-refractivity contribution in [2.45, 2.75) is 32.1 Å². The Morgan fingerprint density at radius 3 is 2.61 bits per heavy atom. The van der Waals surface area contributed by atoms with Crippen LogP contribution in [0.1, 0.15) is 32.1 Å². The number of hydrogen-bond donors (Lipinski definition) is 1. The van der Waals surface area contributed by atoms with Crippen LogP contribution in [0.2, 0.25) is 5.02 Å². The molecule has 1 saturated carbocycles. The van der Waals surface area contributed by atoms with Crippen LogP contribution in [-0.4, -0.2) is 13.3 Å². The molecular weight excluding hydrogens is 250 g/mol. The molecule has 4 heteroatoms. The summed E-state index contributed by atoms with van der Waals surface area (Å²) in [6.07, 6.45) is 6.77. The second-order valence-corrected chi connectivity index (χ2v) is 5.48.